The van der Waals surface area contributed by atoms with E-state index >= 15 is 0 Å². The number of rotatable bonds is 5. The quantitative estimate of drug-likeness (QED) is 0.186. The number of aromatic nitrogens is 6. The van der Waals surface area contributed by atoms with Crippen LogP contribution >= 0.6 is 15.9 Å². The molecule has 0 unspecified atom stereocenters. The summed E-state index contributed by atoms with van der Waals surface area (Å²) in [6.45, 7) is 0. The van der Waals surface area contributed by atoms with Gasteiger partial charge in [-0.15, -0.1) is 0 Å². The summed E-state index contributed by atoms with van der Waals surface area (Å²) in [6.07, 6.45) is 7.22. The highest BCUT2D eigenvalue weighted by Gasteiger charge is 2.15. The van der Waals surface area contributed by atoms with Gasteiger partial charge in [0.05, 0.1) is 11.0 Å². The average molecular weight is 644 g/mol. The molecule has 6 nitrogen and oxygen atoms in total. The summed E-state index contributed by atoms with van der Waals surface area (Å²) in [6, 6.07) is 38.9. The van der Waals surface area contributed by atoms with Crippen molar-refractivity contribution in [1.29, 1.82) is 0 Å². The van der Waals surface area contributed by atoms with Crippen molar-refractivity contribution in [3.8, 4) is 56.4 Å². The Balaban J connectivity index is 1.29. The van der Waals surface area contributed by atoms with Crippen LogP contribution in [0.5, 0.6) is 0 Å². The van der Waals surface area contributed by atoms with Gasteiger partial charge in [-0.2, -0.15) is 0 Å². The predicted octanol–water partition coefficient (Wildman–Crippen LogP) is 9.46. The molecule has 0 aliphatic heterocycles. The topological polar surface area (TPSA) is 77.3 Å². The van der Waals surface area contributed by atoms with Crippen LogP contribution in [0.4, 0.5) is 0 Å². The summed E-state index contributed by atoms with van der Waals surface area (Å²) in [5, 5.41) is 2.11. The van der Waals surface area contributed by atoms with Gasteiger partial charge in [-0.05, 0) is 89.0 Å². The first kappa shape index (κ1) is 26.9. The van der Waals surface area contributed by atoms with E-state index < -0.39 is 0 Å². The normalized spacial score (nSPS) is 11.2. The molecule has 0 atom stereocenters. The van der Waals surface area contributed by atoms with Gasteiger partial charge in [0, 0.05) is 56.7 Å². The Hall–Kier alpha value is -5.66. The third-order valence-electron chi connectivity index (χ3n) is 7.77. The Labute approximate surface area is 267 Å². The maximum atomic E-state index is 5.03. The van der Waals surface area contributed by atoms with Gasteiger partial charge >= 0.3 is 0 Å². The molecule has 0 amide bonds. The molecular formula is C38H23BrN6. The van der Waals surface area contributed by atoms with E-state index in [9.17, 15) is 0 Å². The Morgan fingerprint density at radius 2 is 1.07 bits per heavy atom. The van der Waals surface area contributed by atoms with Crippen LogP contribution in [0, 0.1) is 0 Å². The van der Waals surface area contributed by atoms with Crippen molar-refractivity contribution < 1.29 is 0 Å². The third-order valence-corrected chi connectivity index (χ3v) is 8.22. The first-order valence-corrected chi connectivity index (χ1v) is 15.2. The lowest BCUT2D eigenvalue weighted by Crippen LogP contribution is -2.00. The second kappa shape index (κ2) is 11.4. The highest BCUT2D eigenvalue weighted by Crippen LogP contribution is 2.34. The second-order valence-electron chi connectivity index (χ2n) is 10.6. The van der Waals surface area contributed by atoms with E-state index in [1.165, 1.54) is 0 Å². The number of hydrogen-bond donors (Lipinski definition) is 0. The zero-order valence-corrected chi connectivity index (χ0v) is 25.4. The lowest BCUT2D eigenvalue weighted by molar-refractivity contribution is 1.07. The van der Waals surface area contributed by atoms with Crippen molar-refractivity contribution in [2.75, 3.05) is 0 Å². The van der Waals surface area contributed by atoms with E-state index in [0.717, 1.165) is 65.2 Å². The standard InChI is InChI=1S/C38H23BrN6/c39-31-22-29(32-5-1-7-35-33(32)6-3-17-42-35)21-30(23-31)38-44-36(26-10-8-24(9-11-26)25-14-18-40-19-15-25)43-37(45-38)28-12-13-34-27(20-28)4-2-16-41-34/h1-23H. The summed E-state index contributed by atoms with van der Waals surface area (Å²) in [5.41, 5.74) is 8.86. The molecule has 0 saturated carbocycles. The molecule has 0 aliphatic carbocycles. The van der Waals surface area contributed by atoms with Crippen LogP contribution < -0.4 is 0 Å². The SMILES string of the molecule is Brc1cc(-c2nc(-c3ccc(-c4ccncc4)cc3)nc(-c3ccc4ncccc4c3)n2)cc(-c2cccc3ncccc23)c1. The van der Waals surface area contributed by atoms with Gasteiger partial charge in [-0.3, -0.25) is 15.0 Å². The highest BCUT2D eigenvalue weighted by atomic mass is 79.9. The minimum absolute atomic E-state index is 0.584. The number of benzene rings is 4. The largest absolute Gasteiger partial charge is 0.265 e. The lowest BCUT2D eigenvalue weighted by atomic mass is 9.98. The van der Waals surface area contributed by atoms with E-state index in [-0.39, 0.29) is 0 Å². The van der Waals surface area contributed by atoms with Crippen LogP contribution in [0.15, 0.2) is 145 Å². The van der Waals surface area contributed by atoms with Crippen LogP contribution in [0.1, 0.15) is 0 Å². The number of nitrogens with zero attached hydrogens (tertiary/aromatic N) is 6. The Kier molecular flexibility index (Phi) is 6.85. The molecule has 212 valence electrons. The van der Waals surface area contributed by atoms with Gasteiger partial charge in [0.2, 0.25) is 0 Å². The number of fused-ring (bicyclic) bond motifs is 2. The van der Waals surface area contributed by atoms with E-state index in [0.29, 0.717) is 17.5 Å². The highest BCUT2D eigenvalue weighted by molar-refractivity contribution is 9.10. The van der Waals surface area contributed by atoms with Crippen molar-refractivity contribution in [2.45, 2.75) is 0 Å². The molecule has 7 heteroatoms. The summed E-state index contributed by atoms with van der Waals surface area (Å²) < 4.78 is 0.929. The summed E-state index contributed by atoms with van der Waals surface area (Å²) in [5.74, 6) is 1.77. The smallest absolute Gasteiger partial charge is 0.164 e. The molecule has 0 radical (unpaired) electrons. The van der Waals surface area contributed by atoms with Gasteiger partial charge in [0.15, 0.2) is 17.5 Å². The molecule has 0 aliphatic rings. The molecule has 0 N–H and O–H groups in total. The molecular weight excluding hydrogens is 620 g/mol. The van der Waals surface area contributed by atoms with Gasteiger partial charge < -0.3 is 0 Å². The molecule has 4 aromatic carbocycles. The molecule has 0 bridgehead atoms. The molecule has 0 saturated heterocycles. The van der Waals surface area contributed by atoms with Crippen LogP contribution in [0.3, 0.4) is 0 Å². The van der Waals surface area contributed by atoms with E-state index in [1.54, 1.807) is 18.6 Å². The fourth-order valence-corrected chi connectivity index (χ4v) is 6.06. The zero-order chi connectivity index (χ0) is 30.2. The van der Waals surface area contributed by atoms with E-state index in [4.69, 9.17) is 15.0 Å². The number of halogens is 1. The predicted molar refractivity (Wildman–Crippen MR) is 183 cm³/mol. The second-order valence-corrected chi connectivity index (χ2v) is 11.6. The van der Waals surface area contributed by atoms with E-state index in [1.807, 2.05) is 66.9 Å². The van der Waals surface area contributed by atoms with Crippen molar-refractivity contribution in [1.82, 2.24) is 29.9 Å². The average Bonchev–Trinajstić information content (AvgIpc) is 3.11. The minimum Gasteiger partial charge on any atom is -0.265 e. The molecule has 45 heavy (non-hydrogen) atoms. The van der Waals surface area contributed by atoms with Gasteiger partial charge in [0.1, 0.15) is 0 Å². The fraction of sp³-hybridized carbons (Fsp3) is 0. The molecule has 0 spiro atoms. The molecule has 4 heterocycles. The molecule has 8 rings (SSSR count). The number of pyridine rings is 3. The summed E-state index contributed by atoms with van der Waals surface area (Å²) in [4.78, 5) is 28.2. The molecule has 0 fully saturated rings. The van der Waals surface area contributed by atoms with Gasteiger partial charge in [0.25, 0.3) is 0 Å². The van der Waals surface area contributed by atoms with Gasteiger partial charge in [-0.1, -0.05) is 64.5 Å². The maximum absolute atomic E-state index is 5.03. The summed E-state index contributed by atoms with van der Waals surface area (Å²) >= 11 is 3.76. The van der Waals surface area contributed by atoms with Crippen molar-refractivity contribution in [3.05, 3.63) is 145 Å². The van der Waals surface area contributed by atoms with Crippen LogP contribution in [0.25, 0.3) is 78.2 Å². The first-order chi connectivity index (χ1) is 22.2. The van der Waals surface area contributed by atoms with Gasteiger partial charge in [-0.25, -0.2) is 15.0 Å². The van der Waals surface area contributed by atoms with Crippen LogP contribution in [0.2, 0.25) is 0 Å². The van der Waals surface area contributed by atoms with Crippen LogP contribution in [-0.4, -0.2) is 29.9 Å². The third kappa shape index (κ3) is 5.34. The maximum Gasteiger partial charge on any atom is 0.164 e. The fourth-order valence-electron chi connectivity index (χ4n) is 5.56. The lowest BCUT2D eigenvalue weighted by Gasteiger charge is -2.12. The monoisotopic (exact) mass is 642 g/mol. The Morgan fingerprint density at radius 3 is 1.89 bits per heavy atom. The first-order valence-electron chi connectivity index (χ1n) is 14.5. The van der Waals surface area contributed by atoms with Crippen molar-refractivity contribution >= 4 is 37.7 Å². The zero-order valence-electron chi connectivity index (χ0n) is 23.8. The molecule has 4 aromatic heterocycles. The Bertz CT molecular complexity index is 2330. The Morgan fingerprint density at radius 1 is 0.422 bits per heavy atom. The van der Waals surface area contributed by atoms with E-state index in [2.05, 4.69) is 85.5 Å². The number of hydrogen-bond acceptors (Lipinski definition) is 6. The van der Waals surface area contributed by atoms with Crippen molar-refractivity contribution in [3.63, 3.8) is 0 Å². The molecule has 8 aromatic rings. The van der Waals surface area contributed by atoms with Crippen LogP contribution in [-0.2, 0) is 0 Å². The minimum atomic E-state index is 0.584. The van der Waals surface area contributed by atoms with Crippen molar-refractivity contribution in [2.24, 2.45) is 0 Å². The summed E-state index contributed by atoms with van der Waals surface area (Å²) in [7, 11) is 0.